The number of anilines is 1. The van der Waals surface area contributed by atoms with Gasteiger partial charge in [0.15, 0.2) is 0 Å². The molecule has 0 bridgehead atoms. The fourth-order valence-corrected chi connectivity index (χ4v) is 1.99. The molecule has 1 N–H and O–H groups in total. The third-order valence-electron chi connectivity index (χ3n) is 2.51. The van der Waals surface area contributed by atoms with Crippen LogP contribution in [0.1, 0.15) is 18.4 Å². The molecule has 100 valence electrons. The summed E-state index contributed by atoms with van der Waals surface area (Å²) >= 11 is 1.16. The second-order valence-corrected chi connectivity index (χ2v) is 4.79. The largest absolute Gasteiger partial charge is 0.493 e. The summed E-state index contributed by atoms with van der Waals surface area (Å²) in [5.74, 6) is 0.803. The zero-order valence-corrected chi connectivity index (χ0v) is 11.4. The molecule has 1 amide bonds. The normalized spacial score (nSPS) is 10.2. The van der Waals surface area contributed by atoms with Gasteiger partial charge in [0.1, 0.15) is 12.1 Å². The molecular weight excluding hydrogens is 262 g/mol. The fraction of sp³-hybridized carbons (Fsp3) is 0.308. The summed E-state index contributed by atoms with van der Waals surface area (Å²) in [4.78, 5) is 15.4. The van der Waals surface area contributed by atoms with Crippen molar-refractivity contribution in [1.29, 1.82) is 0 Å². The predicted octanol–water partition coefficient (Wildman–Crippen LogP) is 2.64. The minimum absolute atomic E-state index is 0.0647. The Morgan fingerprint density at radius 3 is 3.00 bits per heavy atom. The van der Waals surface area contributed by atoms with E-state index in [1.165, 1.54) is 6.33 Å². The molecule has 2 rings (SSSR count). The number of carbonyl (C=O) groups is 1. The lowest BCUT2D eigenvalue weighted by Gasteiger charge is -2.08. The first-order valence-corrected chi connectivity index (χ1v) is 6.78. The maximum absolute atomic E-state index is 11.6. The zero-order chi connectivity index (χ0) is 13.5. The van der Waals surface area contributed by atoms with Crippen molar-refractivity contribution in [2.75, 3.05) is 11.9 Å². The molecule has 0 fully saturated rings. The summed E-state index contributed by atoms with van der Waals surface area (Å²) < 4.78 is 9.43. The summed E-state index contributed by atoms with van der Waals surface area (Å²) in [6.07, 6.45) is 2.49. The van der Waals surface area contributed by atoms with Gasteiger partial charge < -0.3 is 10.1 Å². The molecule has 0 atom stereocenters. The molecule has 1 aromatic heterocycles. The zero-order valence-electron chi connectivity index (χ0n) is 10.6. The molecule has 0 saturated heterocycles. The van der Waals surface area contributed by atoms with E-state index in [4.69, 9.17) is 4.74 Å². The van der Waals surface area contributed by atoms with Gasteiger partial charge in [-0.15, -0.1) is 0 Å². The van der Waals surface area contributed by atoms with E-state index in [0.717, 1.165) is 22.8 Å². The van der Waals surface area contributed by atoms with Crippen molar-refractivity contribution >= 4 is 22.6 Å². The molecule has 0 spiro atoms. The third kappa shape index (κ3) is 4.33. The first-order chi connectivity index (χ1) is 9.25. The second-order valence-electron chi connectivity index (χ2n) is 4.01. The first-order valence-electron chi connectivity index (χ1n) is 6.00. The van der Waals surface area contributed by atoms with Gasteiger partial charge in [-0.2, -0.15) is 4.37 Å². The predicted molar refractivity (Wildman–Crippen MR) is 74.4 cm³/mol. The Kier molecular flexibility index (Phi) is 4.85. The lowest BCUT2D eigenvalue weighted by Crippen LogP contribution is -2.12. The minimum atomic E-state index is -0.0647. The van der Waals surface area contributed by atoms with E-state index in [0.29, 0.717) is 24.6 Å². The van der Waals surface area contributed by atoms with Crippen molar-refractivity contribution in [3.05, 3.63) is 36.2 Å². The Bertz CT molecular complexity index is 528. The van der Waals surface area contributed by atoms with Crippen molar-refractivity contribution in [3.8, 4) is 5.75 Å². The standard InChI is InChI=1S/C13H15N3O2S/c1-10-5-2-3-6-11(10)18-8-4-7-12(17)16-13-14-9-15-19-13/h2-3,5-6,9H,4,7-8H2,1H3,(H,14,15,16,17). The molecule has 2 aromatic rings. The van der Waals surface area contributed by atoms with Gasteiger partial charge in [0, 0.05) is 18.0 Å². The van der Waals surface area contributed by atoms with E-state index in [-0.39, 0.29) is 5.91 Å². The Balaban J connectivity index is 1.67. The maximum Gasteiger partial charge on any atom is 0.226 e. The Labute approximate surface area is 115 Å². The average Bonchev–Trinajstić information content (AvgIpc) is 2.89. The molecule has 19 heavy (non-hydrogen) atoms. The molecule has 0 aliphatic carbocycles. The summed E-state index contributed by atoms with van der Waals surface area (Å²) in [5, 5.41) is 3.21. The van der Waals surface area contributed by atoms with Crippen molar-refractivity contribution < 1.29 is 9.53 Å². The van der Waals surface area contributed by atoms with Crippen LogP contribution < -0.4 is 10.1 Å². The number of ether oxygens (including phenoxy) is 1. The van der Waals surface area contributed by atoms with Crippen molar-refractivity contribution in [3.63, 3.8) is 0 Å². The highest BCUT2D eigenvalue weighted by Gasteiger charge is 2.05. The van der Waals surface area contributed by atoms with Crippen LogP contribution in [-0.4, -0.2) is 21.9 Å². The molecule has 1 heterocycles. The number of carbonyl (C=O) groups excluding carboxylic acids is 1. The number of rotatable bonds is 6. The number of para-hydroxylation sites is 1. The number of hydrogen-bond donors (Lipinski definition) is 1. The van der Waals surface area contributed by atoms with Gasteiger partial charge in [-0.3, -0.25) is 4.79 Å². The van der Waals surface area contributed by atoms with Gasteiger partial charge in [0.2, 0.25) is 11.0 Å². The Morgan fingerprint density at radius 2 is 2.26 bits per heavy atom. The van der Waals surface area contributed by atoms with Crippen molar-refractivity contribution in [2.24, 2.45) is 0 Å². The molecule has 0 aliphatic rings. The van der Waals surface area contributed by atoms with E-state index in [2.05, 4.69) is 14.7 Å². The SMILES string of the molecule is Cc1ccccc1OCCCC(=O)Nc1ncns1. The van der Waals surface area contributed by atoms with Gasteiger partial charge in [0.25, 0.3) is 0 Å². The number of nitrogens with one attached hydrogen (secondary N) is 1. The number of amides is 1. The van der Waals surface area contributed by atoms with E-state index in [9.17, 15) is 4.79 Å². The highest BCUT2D eigenvalue weighted by atomic mass is 32.1. The molecule has 0 unspecified atom stereocenters. The maximum atomic E-state index is 11.6. The molecule has 0 saturated carbocycles. The van der Waals surface area contributed by atoms with Crippen LogP contribution in [-0.2, 0) is 4.79 Å². The number of nitrogens with zero attached hydrogens (tertiary/aromatic N) is 2. The van der Waals surface area contributed by atoms with Gasteiger partial charge in [-0.1, -0.05) is 18.2 Å². The summed E-state index contributed by atoms with van der Waals surface area (Å²) in [7, 11) is 0. The first kappa shape index (κ1) is 13.5. The lowest BCUT2D eigenvalue weighted by atomic mass is 10.2. The van der Waals surface area contributed by atoms with Gasteiger partial charge in [-0.25, -0.2) is 4.98 Å². The lowest BCUT2D eigenvalue weighted by molar-refractivity contribution is -0.116. The number of aryl methyl sites for hydroxylation is 1. The molecule has 0 radical (unpaired) electrons. The van der Waals surface area contributed by atoms with E-state index in [1.54, 1.807) is 0 Å². The molecule has 5 nitrogen and oxygen atoms in total. The fourth-order valence-electron chi connectivity index (χ4n) is 1.54. The van der Waals surface area contributed by atoms with E-state index >= 15 is 0 Å². The quantitative estimate of drug-likeness (QED) is 0.824. The molecule has 1 aromatic carbocycles. The smallest absolute Gasteiger partial charge is 0.226 e. The van der Waals surface area contributed by atoms with Crippen LogP contribution in [0, 0.1) is 6.92 Å². The van der Waals surface area contributed by atoms with Crippen LogP contribution in [0.3, 0.4) is 0 Å². The highest BCUT2D eigenvalue weighted by Crippen LogP contribution is 2.16. The molecule has 6 heteroatoms. The number of benzene rings is 1. The Hall–Kier alpha value is -1.95. The van der Waals surface area contributed by atoms with Crippen molar-refractivity contribution in [1.82, 2.24) is 9.36 Å². The van der Waals surface area contributed by atoms with Crippen molar-refractivity contribution in [2.45, 2.75) is 19.8 Å². The highest BCUT2D eigenvalue weighted by molar-refractivity contribution is 7.09. The Morgan fingerprint density at radius 1 is 1.42 bits per heavy atom. The van der Waals surface area contributed by atoms with Crippen LogP contribution in [0.2, 0.25) is 0 Å². The van der Waals surface area contributed by atoms with Crippen LogP contribution >= 0.6 is 11.5 Å². The summed E-state index contributed by atoms with van der Waals surface area (Å²) in [6.45, 7) is 2.52. The van der Waals surface area contributed by atoms with Crippen LogP contribution in [0.15, 0.2) is 30.6 Å². The van der Waals surface area contributed by atoms with E-state index in [1.807, 2.05) is 31.2 Å². The van der Waals surface area contributed by atoms with Gasteiger partial charge in [-0.05, 0) is 25.0 Å². The average molecular weight is 277 g/mol. The van der Waals surface area contributed by atoms with Crippen LogP contribution in [0.5, 0.6) is 5.75 Å². The van der Waals surface area contributed by atoms with Gasteiger partial charge >= 0.3 is 0 Å². The van der Waals surface area contributed by atoms with Crippen LogP contribution in [0.4, 0.5) is 5.13 Å². The second kappa shape index (κ2) is 6.84. The molecular formula is C13H15N3O2S. The van der Waals surface area contributed by atoms with E-state index < -0.39 is 0 Å². The number of hydrogen-bond acceptors (Lipinski definition) is 5. The monoisotopic (exact) mass is 277 g/mol. The minimum Gasteiger partial charge on any atom is -0.493 e. The van der Waals surface area contributed by atoms with Crippen LogP contribution in [0.25, 0.3) is 0 Å². The molecule has 0 aliphatic heterocycles. The van der Waals surface area contributed by atoms with Gasteiger partial charge in [0.05, 0.1) is 6.61 Å². The number of aromatic nitrogens is 2. The third-order valence-corrected chi connectivity index (χ3v) is 3.09. The topological polar surface area (TPSA) is 64.1 Å². The summed E-state index contributed by atoms with van der Waals surface area (Å²) in [6, 6.07) is 7.83. The summed E-state index contributed by atoms with van der Waals surface area (Å²) in [5.41, 5.74) is 1.10.